The van der Waals surface area contributed by atoms with Crippen LogP contribution in [0.15, 0.2) is 42.5 Å². The highest BCUT2D eigenvalue weighted by atomic mass is 35.5. The molecule has 0 spiro atoms. The van der Waals surface area contributed by atoms with Crippen molar-refractivity contribution in [1.29, 1.82) is 0 Å². The summed E-state index contributed by atoms with van der Waals surface area (Å²) in [6.07, 6.45) is -5.14. The number of esters is 4. The van der Waals surface area contributed by atoms with E-state index in [1.807, 2.05) is 31.2 Å². The SMILES string of the molecule is CCOc1ccc(Cc2cc([C@]3(C)OC(OC(C)=O)[C@@H](OC(C)=O)[C@H](OC(C)=O)[C@H]3OC(C)=O)ccc2Cl)cc1. The molecule has 1 heterocycles. The monoisotopic (exact) mass is 576 g/mol. The van der Waals surface area contributed by atoms with E-state index in [0.717, 1.165) is 37.6 Å². The normalized spacial score (nSPS) is 24.0. The van der Waals surface area contributed by atoms with Gasteiger partial charge in [0.05, 0.1) is 6.61 Å². The molecule has 1 saturated heterocycles. The largest absolute Gasteiger partial charge is 0.494 e. The Morgan fingerprint density at radius 3 is 1.95 bits per heavy atom. The third kappa shape index (κ3) is 7.51. The number of carbonyl (C=O) groups excluding carboxylic acids is 4. The minimum atomic E-state index is -1.54. The van der Waals surface area contributed by atoms with Crippen molar-refractivity contribution < 1.29 is 47.6 Å². The molecule has 2 aromatic rings. The van der Waals surface area contributed by atoms with E-state index < -0.39 is 54.1 Å². The fourth-order valence-corrected chi connectivity index (χ4v) is 4.79. The van der Waals surface area contributed by atoms with Crippen molar-refractivity contribution in [3.8, 4) is 5.75 Å². The standard InChI is InChI=1S/C29H33ClO10/c1-7-35-23-11-8-20(9-12-23)14-21-15-22(10-13-24(21)30)29(6)27(38-18(4)33)25(36-16(2)31)26(37-17(3)32)28(40-29)39-19(5)34/h8-13,15,25-28H,7,14H2,1-6H3/t25-,26-,27+,28?,29-/m0/s1. The quantitative estimate of drug-likeness (QED) is 0.316. The molecule has 216 valence electrons. The Balaban J connectivity index is 2.11. The van der Waals surface area contributed by atoms with Crippen LogP contribution in [-0.2, 0) is 54.9 Å². The maximum Gasteiger partial charge on any atom is 0.305 e. The lowest BCUT2D eigenvalue weighted by Gasteiger charge is -2.49. The highest BCUT2D eigenvalue weighted by Gasteiger charge is 2.59. The van der Waals surface area contributed by atoms with Crippen molar-refractivity contribution in [3.63, 3.8) is 0 Å². The molecule has 0 saturated carbocycles. The Bertz CT molecular complexity index is 1240. The van der Waals surface area contributed by atoms with Crippen LogP contribution in [0.25, 0.3) is 0 Å². The van der Waals surface area contributed by atoms with E-state index in [2.05, 4.69) is 0 Å². The van der Waals surface area contributed by atoms with Crippen molar-refractivity contribution in [3.05, 3.63) is 64.2 Å². The van der Waals surface area contributed by atoms with Gasteiger partial charge in [0, 0.05) is 32.7 Å². The predicted octanol–water partition coefficient (Wildman–Crippen LogP) is 4.26. The highest BCUT2D eigenvalue weighted by Crippen LogP contribution is 2.43. The van der Waals surface area contributed by atoms with E-state index >= 15 is 0 Å². The van der Waals surface area contributed by atoms with Gasteiger partial charge in [-0.2, -0.15) is 0 Å². The Labute approximate surface area is 237 Å². The number of halogens is 1. The van der Waals surface area contributed by atoms with Gasteiger partial charge in [0.2, 0.25) is 12.4 Å². The molecular weight excluding hydrogens is 544 g/mol. The molecule has 5 atom stereocenters. The minimum absolute atomic E-state index is 0.449. The fraction of sp³-hybridized carbons (Fsp3) is 0.448. The second-order valence-corrected chi connectivity index (χ2v) is 9.85. The number of rotatable bonds is 9. The molecule has 1 fully saturated rings. The zero-order valence-electron chi connectivity index (χ0n) is 23.2. The molecule has 1 aliphatic heterocycles. The van der Waals surface area contributed by atoms with Crippen molar-refractivity contribution in [1.82, 2.24) is 0 Å². The molecule has 3 rings (SSSR count). The second kappa shape index (κ2) is 13.1. The van der Waals surface area contributed by atoms with Gasteiger partial charge in [-0.25, -0.2) is 0 Å². The Morgan fingerprint density at radius 2 is 1.40 bits per heavy atom. The molecule has 1 aliphatic rings. The van der Waals surface area contributed by atoms with Gasteiger partial charge < -0.3 is 28.4 Å². The molecule has 0 N–H and O–H groups in total. The molecule has 11 heteroatoms. The summed E-state index contributed by atoms with van der Waals surface area (Å²) in [5.74, 6) is -2.18. The summed E-state index contributed by atoms with van der Waals surface area (Å²) in [6, 6.07) is 12.7. The summed E-state index contributed by atoms with van der Waals surface area (Å²) in [5.41, 5.74) is 0.629. The molecule has 10 nitrogen and oxygen atoms in total. The number of ether oxygens (including phenoxy) is 6. The molecule has 0 radical (unpaired) electrons. The zero-order chi connectivity index (χ0) is 29.6. The third-order valence-electron chi connectivity index (χ3n) is 6.22. The van der Waals surface area contributed by atoms with E-state index in [0.29, 0.717) is 23.6 Å². The lowest BCUT2D eigenvalue weighted by molar-refractivity contribution is -0.327. The van der Waals surface area contributed by atoms with Crippen LogP contribution in [0, 0.1) is 0 Å². The summed E-state index contributed by atoms with van der Waals surface area (Å²) in [4.78, 5) is 48.3. The van der Waals surface area contributed by atoms with E-state index in [1.54, 1.807) is 25.1 Å². The summed E-state index contributed by atoms with van der Waals surface area (Å²) in [6.45, 7) is 8.68. The number of benzene rings is 2. The maximum absolute atomic E-state index is 12.2. The van der Waals surface area contributed by atoms with Gasteiger partial charge in [-0.3, -0.25) is 19.2 Å². The minimum Gasteiger partial charge on any atom is -0.494 e. The van der Waals surface area contributed by atoms with Gasteiger partial charge in [0.25, 0.3) is 0 Å². The first-order valence-electron chi connectivity index (χ1n) is 12.7. The Morgan fingerprint density at radius 1 is 0.825 bits per heavy atom. The van der Waals surface area contributed by atoms with Gasteiger partial charge in [-0.15, -0.1) is 0 Å². The van der Waals surface area contributed by atoms with Crippen LogP contribution < -0.4 is 4.74 Å². The smallest absolute Gasteiger partial charge is 0.305 e. The first-order valence-corrected chi connectivity index (χ1v) is 13.1. The van der Waals surface area contributed by atoms with Gasteiger partial charge in [0.1, 0.15) is 11.4 Å². The van der Waals surface area contributed by atoms with Gasteiger partial charge >= 0.3 is 23.9 Å². The molecule has 0 aliphatic carbocycles. The lowest BCUT2D eigenvalue weighted by atomic mass is 9.81. The molecular formula is C29H33ClO10. The molecule has 0 bridgehead atoms. The van der Waals surface area contributed by atoms with Crippen molar-refractivity contribution in [2.45, 2.75) is 78.2 Å². The fourth-order valence-electron chi connectivity index (χ4n) is 4.61. The predicted molar refractivity (Wildman–Crippen MR) is 143 cm³/mol. The Kier molecular flexibility index (Phi) is 10.2. The number of carbonyl (C=O) groups is 4. The van der Waals surface area contributed by atoms with E-state index in [4.69, 9.17) is 40.0 Å². The van der Waals surface area contributed by atoms with Crippen molar-refractivity contribution in [2.75, 3.05) is 6.61 Å². The van der Waals surface area contributed by atoms with E-state index in [1.165, 1.54) is 6.92 Å². The summed E-state index contributed by atoms with van der Waals surface area (Å²) >= 11 is 6.56. The average molecular weight is 577 g/mol. The van der Waals surface area contributed by atoms with Crippen LogP contribution in [0.2, 0.25) is 5.02 Å². The molecule has 0 aromatic heterocycles. The lowest BCUT2D eigenvalue weighted by Crippen LogP contribution is -2.65. The third-order valence-corrected chi connectivity index (χ3v) is 6.59. The van der Waals surface area contributed by atoms with Crippen molar-refractivity contribution >= 4 is 35.5 Å². The molecule has 1 unspecified atom stereocenters. The van der Waals surface area contributed by atoms with Crippen LogP contribution >= 0.6 is 11.6 Å². The van der Waals surface area contributed by atoms with Crippen LogP contribution in [-0.4, -0.2) is 55.1 Å². The second-order valence-electron chi connectivity index (χ2n) is 9.44. The van der Waals surface area contributed by atoms with Crippen LogP contribution in [0.1, 0.15) is 58.2 Å². The topological polar surface area (TPSA) is 124 Å². The van der Waals surface area contributed by atoms with Crippen molar-refractivity contribution in [2.24, 2.45) is 0 Å². The highest BCUT2D eigenvalue weighted by molar-refractivity contribution is 6.31. The summed E-state index contributed by atoms with van der Waals surface area (Å²) in [7, 11) is 0. The van der Waals surface area contributed by atoms with Gasteiger partial charge in [-0.05, 0) is 55.2 Å². The average Bonchev–Trinajstić information content (AvgIpc) is 2.85. The summed E-state index contributed by atoms with van der Waals surface area (Å²) in [5, 5.41) is 0.479. The van der Waals surface area contributed by atoms with Crippen LogP contribution in [0.3, 0.4) is 0 Å². The molecule has 0 amide bonds. The first kappa shape index (κ1) is 30.9. The zero-order valence-corrected chi connectivity index (χ0v) is 24.0. The molecule has 40 heavy (non-hydrogen) atoms. The van der Waals surface area contributed by atoms with Crippen LogP contribution in [0.5, 0.6) is 5.75 Å². The number of hydrogen-bond acceptors (Lipinski definition) is 10. The first-order chi connectivity index (χ1) is 18.8. The number of hydrogen-bond donors (Lipinski definition) is 0. The molecule has 2 aromatic carbocycles. The Hall–Kier alpha value is -3.63. The van der Waals surface area contributed by atoms with E-state index in [-0.39, 0.29) is 0 Å². The maximum atomic E-state index is 12.2. The summed E-state index contributed by atoms with van der Waals surface area (Å²) < 4.78 is 33.7. The van der Waals surface area contributed by atoms with Gasteiger partial charge in [-0.1, -0.05) is 35.9 Å². The van der Waals surface area contributed by atoms with Gasteiger partial charge in [0.15, 0.2) is 12.2 Å². The van der Waals surface area contributed by atoms with Crippen LogP contribution in [0.4, 0.5) is 0 Å². The van der Waals surface area contributed by atoms with E-state index in [9.17, 15) is 19.2 Å².